The summed E-state index contributed by atoms with van der Waals surface area (Å²) in [5, 5.41) is 8.98. The minimum absolute atomic E-state index is 0.699. The van der Waals surface area contributed by atoms with Crippen molar-refractivity contribution >= 4 is 16.5 Å². The molecule has 2 aromatic heterocycles. The Hall–Kier alpha value is -1.51. The Morgan fingerprint density at radius 2 is 2.35 bits per heavy atom. The molecule has 0 aliphatic rings. The van der Waals surface area contributed by atoms with Gasteiger partial charge in [-0.3, -0.25) is 9.58 Å². The number of aryl methyl sites for hydroxylation is 1. The number of rotatable bonds is 5. The van der Waals surface area contributed by atoms with Gasteiger partial charge in [0, 0.05) is 43.4 Å². The number of nitrogens with zero attached hydrogens (tertiary/aromatic N) is 5. The first-order chi connectivity index (χ1) is 8.19. The normalized spacial score (nSPS) is 11.1. The van der Waals surface area contributed by atoms with Crippen molar-refractivity contribution in [2.75, 3.05) is 12.5 Å². The number of nitrogen functional groups attached to an aromatic ring is 1. The van der Waals surface area contributed by atoms with E-state index in [9.17, 15) is 0 Å². The largest absolute Gasteiger partial charge is 0.313 e. The van der Waals surface area contributed by atoms with Gasteiger partial charge >= 0.3 is 0 Å². The topological polar surface area (TPSA) is 84.9 Å². The SMILES string of the molecule is CN(Cc1cnn(C)c1)Cc1nnsc1NN. The van der Waals surface area contributed by atoms with E-state index in [0.717, 1.165) is 17.2 Å². The van der Waals surface area contributed by atoms with Crippen LogP contribution in [0.2, 0.25) is 0 Å². The van der Waals surface area contributed by atoms with Gasteiger partial charge in [0.1, 0.15) is 10.7 Å². The maximum atomic E-state index is 5.38. The van der Waals surface area contributed by atoms with E-state index in [2.05, 4.69) is 25.0 Å². The molecule has 0 spiro atoms. The Bertz CT molecular complexity index is 477. The zero-order chi connectivity index (χ0) is 12.3. The van der Waals surface area contributed by atoms with Gasteiger partial charge in [-0.25, -0.2) is 5.84 Å². The van der Waals surface area contributed by atoms with Crippen molar-refractivity contribution in [1.82, 2.24) is 24.3 Å². The zero-order valence-corrected chi connectivity index (χ0v) is 10.6. The summed E-state index contributed by atoms with van der Waals surface area (Å²) in [6.07, 6.45) is 3.86. The van der Waals surface area contributed by atoms with Crippen molar-refractivity contribution in [3.8, 4) is 0 Å². The number of anilines is 1. The lowest BCUT2D eigenvalue weighted by Gasteiger charge is -2.14. The summed E-state index contributed by atoms with van der Waals surface area (Å²) in [6.45, 7) is 1.51. The third kappa shape index (κ3) is 2.99. The molecule has 0 amide bonds. The van der Waals surface area contributed by atoms with E-state index >= 15 is 0 Å². The molecule has 3 N–H and O–H groups in total. The first kappa shape index (κ1) is 12.0. The summed E-state index contributed by atoms with van der Waals surface area (Å²) >= 11 is 1.26. The van der Waals surface area contributed by atoms with Crippen LogP contribution in [0.3, 0.4) is 0 Å². The van der Waals surface area contributed by atoms with Gasteiger partial charge < -0.3 is 5.43 Å². The molecule has 17 heavy (non-hydrogen) atoms. The van der Waals surface area contributed by atoms with Crippen molar-refractivity contribution in [3.05, 3.63) is 23.7 Å². The average molecular weight is 253 g/mol. The van der Waals surface area contributed by atoms with Gasteiger partial charge in [-0.15, -0.1) is 5.10 Å². The van der Waals surface area contributed by atoms with E-state index < -0.39 is 0 Å². The third-order valence-corrected chi connectivity index (χ3v) is 3.02. The second-order valence-corrected chi connectivity index (χ2v) is 4.64. The predicted octanol–water partition coefficient (Wildman–Crippen LogP) is 0.189. The van der Waals surface area contributed by atoms with Crippen LogP contribution in [0.1, 0.15) is 11.3 Å². The molecule has 8 heteroatoms. The number of nitrogens with one attached hydrogen (secondary N) is 1. The molecular formula is C9H15N7S. The van der Waals surface area contributed by atoms with Crippen molar-refractivity contribution in [1.29, 1.82) is 0 Å². The smallest absolute Gasteiger partial charge is 0.148 e. The predicted molar refractivity (Wildman–Crippen MR) is 66.1 cm³/mol. The molecule has 0 saturated heterocycles. The molecule has 0 bridgehead atoms. The first-order valence-corrected chi connectivity index (χ1v) is 5.90. The van der Waals surface area contributed by atoms with Crippen LogP contribution in [0.15, 0.2) is 12.4 Å². The van der Waals surface area contributed by atoms with Gasteiger partial charge in [0.15, 0.2) is 0 Å². The van der Waals surface area contributed by atoms with Gasteiger partial charge in [0.25, 0.3) is 0 Å². The Morgan fingerprint density at radius 3 is 3.00 bits per heavy atom. The molecule has 0 aliphatic heterocycles. The molecule has 0 unspecified atom stereocenters. The second kappa shape index (κ2) is 5.21. The van der Waals surface area contributed by atoms with E-state index in [4.69, 9.17) is 5.84 Å². The van der Waals surface area contributed by atoms with Crippen LogP contribution < -0.4 is 11.3 Å². The van der Waals surface area contributed by atoms with E-state index in [1.165, 1.54) is 17.1 Å². The van der Waals surface area contributed by atoms with E-state index in [1.54, 1.807) is 4.68 Å². The van der Waals surface area contributed by atoms with Gasteiger partial charge in [0.05, 0.1) is 6.20 Å². The second-order valence-electron chi connectivity index (χ2n) is 3.89. The lowest BCUT2D eigenvalue weighted by Crippen LogP contribution is -2.19. The van der Waals surface area contributed by atoms with Crippen molar-refractivity contribution in [3.63, 3.8) is 0 Å². The highest BCUT2D eigenvalue weighted by Crippen LogP contribution is 2.17. The first-order valence-electron chi connectivity index (χ1n) is 5.13. The average Bonchev–Trinajstić information content (AvgIpc) is 2.87. The fraction of sp³-hybridized carbons (Fsp3) is 0.444. The summed E-state index contributed by atoms with van der Waals surface area (Å²) in [5.41, 5.74) is 4.63. The highest BCUT2D eigenvalue weighted by atomic mass is 32.1. The molecule has 0 aromatic carbocycles. The fourth-order valence-electron chi connectivity index (χ4n) is 1.60. The molecule has 0 aliphatic carbocycles. The summed E-state index contributed by atoms with van der Waals surface area (Å²) in [5.74, 6) is 5.38. The minimum Gasteiger partial charge on any atom is -0.313 e. The van der Waals surface area contributed by atoms with Crippen molar-refractivity contribution in [2.45, 2.75) is 13.1 Å². The Balaban J connectivity index is 1.95. The zero-order valence-electron chi connectivity index (χ0n) is 9.79. The lowest BCUT2D eigenvalue weighted by atomic mass is 10.3. The Morgan fingerprint density at radius 1 is 1.53 bits per heavy atom. The van der Waals surface area contributed by atoms with E-state index in [0.29, 0.717) is 6.54 Å². The van der Waals surface area contributed by atoms with E-state index in [1.807, 2.05) is 26.5 Å². The van der Waals surface area contributed by atoms with Crippen LogP contribution >= 0.6 is 11.5 Å². The molecule has 92 valence electrons. The summed E-state index contributed by atoms with van der Waals surface area (Å²) < 4.78 is 5.66. The Kier molecular flexibility index (Phi) is 3.67. The highest BCUT2D eigenvalue weighted by Gasteiger charge is 2.10. The molecular weight excluding hydrogens is 238 g/mol. The van der Waals surface area contributed by atoms with Crippen molar-refractivity contribution in [2.24, 2.45) is 12.9 Å². The van der Waals surface area contributed by atoms with Crippen LogP contribution in [-0.2, 0) is 20.1 Å². The van der Waals surface area contributed by atoms with Crippen LogP contribution in [-0.4, -0.2) is 31.3 Å². The standard InChI is InChI=1S/C9H15N7S/c1-15(4-7-3-11-16(2)5-7)6-8-9(12-10)17-14-13-8/h3,5,12H,4,6,10H2,1-2H3. The number of hydrazine groups is 1. The van der Waals surface area contributed by atoms with Crippen molar-refractivity contribution < 1.29 is 0 Å². The quantitative estimate of drug-likeness (QED) is 0.584. The maximum absolute atomic E-state index is 5.38. The minimum atomic E-state index is 0.699. The summed E-state index contributed by atoms with van der Waals surface area (Å²) in [7, 11) is 3.93. The number of nitrogens with two attached hydrogens (primary N) is 1. The molecule has 7 nitrogen and oxygen atoms in total. The van der Waals surface area contributed by atoms with Gasteiger partial charge in [-0.2, -0.15) is 5.10 Å². The van der Waals surface area contributed by atoms with Gasteiger partial charge in [0.2, 0.25) is 0 Å². The number of hydrogen-bond donors (Lipinski definition) is 2. The number of aromatic nitrogens is 4. The lowest BCUT2D eigenvalue weighted by molar-refractivity contribution is 0.315. The van der Waals surface area contributed by atoms with Gasteiger partial charge in [-0.05, 0) is 7.05 Å². The van der Waals surface area contributed by atoms with Gasteiger partial charge in [-0.1, -0.05) is 4.49 Å². The highest BCUT2D eigenvalue weighted by molar-refractivity contribution is 7.10. The monoisotopic (exact) mass is 253 g/mol. The molecule has 2 rings (SSSR count). The van der Waals surface area contributed by atoms with E-state index in [-0.39, 0.29) is 0 Å². The maximum Gasteiger partial charge on any atom is 0.148 e. The molecule has 2 aromatic rings. The Labute approximate surface area is 103 Å². The molecule has 2 heterocycles. The van der Waals surface area contributed by atoms with Crippen LogP contribution in [0.25, 0.3) is 0 Å². The molecule has 0 fully saturated rings. The summed E-state index contributed by atoms with van der Waals surface area (Å²) in [4.78, 5) is 2.13. The third-order valence-electron chi connectivity index (χ3n) is 2.32. The molecule has 0 saturated carbocycles. The summed E-state index contributed by atoms with van der Waals surface area (Å²) in [6, 6.07) is 0. The molecule has 0 radical (unpaired) electrons. The van der Waals surface area contributed by atoms with Crippen LogP contribution in [0, 0.1) is 0 Å². The fourth-order valence-corrected chi connectivity index (χ4v) is 2.08. The number of hydrogen-bond acceptors (Lipinski definition) is 7. The van der Waals surface area contributed by atoms with Crippen LogP contribution in [0.4, 0.5) is 5.00 Å². The van der Waals surface area contributed by atoms with Crippen LogP contribution in [0.5, 0.6) is 0 Å². The molecule has 0 atom stereocenters.